The Labute approximate surface area is 169 Å². The number of tetrazole rings is 1. The third-order valence-electron chi connectivity index (χ3n) is 5.51. The number of aromatic nitrogens is 4. The summed E-state index contributed by atoms with van der Waals surface area (Å²) in [5, 5.41) is 11.4. The summed E-state index contributed by atoms with van der Waals surface area (Å²) >= 11 is 6.44. The summed E-state index contributed by atoms with van der Waals surface area (Å²) < 4.78 is 1.42. The van der Waals surface area contributed by atoms with Crippen molar-refractivity contribution in [2.24, 2.45) is 0 Å². The van der Waals surface area contributed by atoms with Crippen molar-refractivity contribution in [3.05, 3.63) is 40.2 Å². The second kappa shape index (κ2) is 8.26. The highest BCUT2D eigenvalue weighted by Crippen LogP contribution is 2.28. The highest BCUT2D eigenvalue weighted by Gasteiger charge is 2.33. The molecule has 9 heteroatoms. The molecule has 1 aliphatic heterocycles. The van der Waals surface area contributed by atoms with E-state index < -0.39 is 6.04 Å². The van der Waals surface area contributed by atoms with Gasteiger partial charge in [0.25, 0.3) is 5.91 Å². The van der Waals surface area contributed by atoms with Crippen molar-refractivity contribution in [2.45, 2.75) is 45.7 Å². The van der Waals surface area contributed by atoms with Crippen LogP contribution in [0.5, 0.6) is 0 Å². The van der Waals surface area contributed by atoms with Gasteiger partial charge < -0.3 is 9.80 Å². The Morgan fingerprint density at radius 2 is 2.11 bits per heavy atom. The molecule has 8 nitrogen and oxygen atoms in total. The lowest BCUT2D eigenvalue weighted by molar-refractivity contribution is -0.133. The maximum atomic E-state index is 13.1. The number of amides is 2. The SMILES string of the molecule is Cc1ccc(C(=O)N2CCCC2CN(C)C(=O)[C@H](C)n2cnnn2)c(Cl)c1C. The third kappa shape index (κ3) is 3.87. The van der Waals surface area contributed by atoms with E-state index in [9.17, 15) is 9.59 Å². The number of halogens is 1. The van der Waals surface area contributed by atoms with Gasteiger partial charge in [-0.3, -0.25) is 9.59 Å². The second-order valence-electron chi connectivity index (χ2n) is 7.35. The summed E-state index contributed by atoms with van der Waals surface area (Å²) in [7, 11) is 1.74. The average molecular weight is 405 g/mol. The molecule has 1 aromatic heterocycles. The second-order valence-corrected chi connectivity index (χ2v) is 7.73. The summed E-state index contributed by atoms with van der Waals surface area (Å²) in [5.74, 6) is -0.180. The third-order valence-corrected chi connectivity index (χ3v) is 5.99. The first-order valence-corrected chi connectivity index (χ1v) is 9.73. The normalized spacial score (nSPS) is 17.6. The van der Waals surface area contributed by atoms with Crippen molar-refractivity contribution < 1.29 is 9.59 Å². The minimum absolute atomic E-state index is 0.0415. The molecule has 1 fully saturated rings. The monoisotopic (exact) mass is 404 g/mol. The highest BCUT2D eigenvalue weighted by atomic mass is 35.5. The van der Waals surface area contributed by atoms with Crippen molar-refractivity contribution >= 4 is 23.4 Å². The first-order chi connectivity index (χ1) is 13.3. The number of likely N-dealkylation sites (tertiary alicyclic amines) is 1. The fourth-order valence-electron chi connectivity index (χ4n) is 3.58. The Kier molecular flexibility index (Phi) is 5.98. The van der Waals surface area contributed by atoms with Crippen molar-refractivity contribution in [3.63, 3.8) is 0 Å². The zero-order chi connectivity index (χ0) is 20.4. The Bertz CT molecular complexity index is 870. The molecule has 1 unspecified atom stereocenters. The first kappa shape index (κ1) is 20.3. The molecule has 1 aliphatic rings. The zero-order valence-electron chi connectivity index (χ0n) is 16.6. The lowest BCUT2D eigenvalue weighted by Gasteiger charge is -2.30. The van der Waals surface area contributed by atoms with Crippen LogP contribution in [-0.4, -0.2) is 68.0 Å². The van der Waals surface area contributed by atoms with Gasteiger partial charge >= 0.3 is 0 Å². The molecule has 0 aliphatic carbocycles. The van der Waals surface area contributed by atoms with Crippen molar-refractivity contribution in [3.8, 4) is 0 Å². The molecular weight excluding hydrogens is 380 g/mol. The molecule has 0 N–H and O–H groups in total. The Hall–Kier alpha value is -2.48. The maximum absolute atomic E-state index is 13.1. The van der Waals surface area contributed by atoms with Crippen LogP contribution in [0.25, 0.3) is 0 Å². The number of likely N-dealkylation sites (N-methyl/N-ethyl adjacent to an activating group) is 1. The van der Waals surface area contributed by atoms with Crippen LogP contribution in [0.4, 0.5) is 0 Å². The van der Waals surface area contributed by atoms with Gasteiger partial charge in [-0.25, -0.2) is 4.68 Å². The lowest BCUT2D eigenvalue weighted by atomic mass is 10.0. The molecule has 2 aromatic rings. The largest absolute Gasteiger partial charge is 0.342 e. The van der Waals surface area contributed by atoms with Gasteiger partial charge in [-0.05, 0) is 61.2 Å². The summed E-state index contributed by atoms with van der Waals surface area (Å²) in [6.45, 7) is 6.77. The number of carbonyl (C=O) groups is 2. The lowest BCUT2D eigenvalue weighted by Crippen LogP contribution is -2.45. The van der Waals surface area contributed by atoms with Gasteiger partial charge in [0.15, 0.2) is 0 Å². The van der Waals surface area contributed by atoms with Gasteiger partial charge in [0.1, 0.15) is 12.4 Å². The summed E-state index contributed by atoms with van der Waals surface area (Å²) in [5.41, 5.74) is 2.50. The zero-order valence-corrected chi connectivity index (χ0v) is 17.3. The van der Waals surface area contributed by atoms with Gasteiger partial charge in [-0.2, -0.15) is 0 Å². The maximum Gasteiger partial charge on any atom is 0.255 e. The van der Waals surface area contributed by atoms with Crippen LogP contribution in [0.3, 0.4) is 0 Å². The fraction of sp³-hybridized carbons (Fsp3) is 0.526. The van der Waals surface area contributed by atoms with E-state index in [1.807, 2.05) is 24.8 Å². The van der Waals surface area contributed by atoms with Crippen LogP contribution in [0.15, 0.2) is 18.5 Å². The van der Waals surface area contributed by atoms with E-state index in [2.05, 4.69) is 15.5 Å². The number of benzene rings is 1. The standard InChI is InChI=1S/C19H25ClN6O2/c1-12-7-8-16(17(20)13(12)2)19(28)25-9-5-6-15(25)10-24(4)18(27)14(3)26-11-21-22-23-26/h7-8,11,14-15H,5-6,9-10H2,1-4H3/t14-,15?/m0/s1. The van der Waals surface area contributed by atoms with E-state index in [0.29, 0.717) is 23.7 Å². The number of hydrogen-bond acceptors (Lipinski definition) is 5. The predicted octanol–water partition coefficient (Wildman–Crippen LogP) is 2.27. The quantitative estimate of drug-likeness (QED) is 0.763. The molecule has 2 amide bonds. The highest BCUT2D eigenvalue weighted by molar-refractivity contribution is 6.34. The minimum Gasteiger partial charge on any atom is -0.342 e. The van der Waals surface area contributed by atoms with Crippen LogP contribution in [0, 0.1) is 13.8 Å². The van der Waals surface area contributed by atoms with E-state index in [1.165, 1.54) is 11.0 Å². The molecule has 28 heavy (non-hydrogen) atoms. The van der Waals surface area contributed by atoms with E-state index in [0.717, 1.165) is 24.0 Å². The van der Waals surface area contributed by atoms with Crippen LogP contribution in [-0.2, 0) is 4.79 Å². The molecule has 2 heterocycles. The molecule has 0 bridgehead atoms. The number of hydrogen-bond donors (Lipinski definition) is 0. The smallest absolute Gasteiger partial charge is 0.255 e. The van der Waals surface area contributed by atoms with Crippen LogP contribution in [0.1, 0.15) is 47.3 Å². The van der Waals surface area contributed by atoms with Gasteiger partial charge in [-0.15, -0.1) is 5.10 Å². The summed E-state index contributed by atoms with van der Waals surface area (Å²) in [6, 6.07) is 3.17. The van der Waals surface area contributed by atoms with Crippen LogP contribution >= 0.6 is 11.6 Å². The van der Waals surface area contributed by atoms with E-state index in [4.69, 9.17) is 11.6 Å². The van der Waals surface area contributed by atoms with Gasteiger partial charge in [0.2, 0.25) is 5.91 Å². The van der Waals surface area contributed by atoms with Crippen molar-refractivity contribution in [1.82, 2.24) is 30.0 Å². The van der Waals surface area contributed by atoms with E-state index in [1.54, 1.807) is 24.9 Å². The molecular formula is C19H25ClN6O2. The molecule has 0 saturated carbocycles. The number of aryl methyl sites for hydroxylation is 1. The van der Waals surface area contributed by atoms with Gasteiger partial charge in [0.05, 0.1) is 10.6 Å². The van der Waals surface area contributed by atoms with Crippen molar-refractivity contribution in [2.75, 3.05) is 20.1 Å². The van der Waals surface area contributed by atoms with Crippen LogP contribution < -0.4 is 0 Å². The number of rotatable bonds is 5. The first-order valence-electron chi connectivity index (χ1n) is 9.35. The molecule has 1 saturated heterocycles. The Balaban J connectivity index is 1.71. The van der Waals surface area contributed by atoms with Crippen molar-refractivity contribution in [1.29, 1.82) is 0 Å². The number of nitrogens with zero attached hydrogens (tertiary/aromatic N) is 6. The predicted molar refractivity (Wildman–Crippen MR) is 105 cm³/mol. The molecule has 0 radical (unpaired) electrons. The Morgan fingerprint density at radius 3 is 2.79 bits per heavy atom. The topological polar surface area (TPSA) is 84.2 Å². The molecule has 2 atom stereocenters. The minimum atomic E-state index is -0.500. The van der Waals surface area contributed by atoms with Crippen LogP contribution in [0.2, 0.25) is 5.02 Å². The van der Waals surface area contributed by atoms with E-state index >= 15 is 0 Å². The molecule has 0 spiro atoms. The average Bonchev–Trinajstić information content (AvgIpc) is 3.36. The van der Waals surface area contributed by atoms with Gasteiger partial charge in [-0.1, -0.05) is 17.7 Å². The Morgan fingerprint density at radius 1 is 1.36 bits per heavy atom. The van der Waals surface area contributed by atoms with E-state index in [-0.39, 0.29) is 17.9 Å². The molecule has 3 rings (SSSR count). The van der Waals surface area contributed by atoms with Gasteiger partial charge in [0, 0.05) is 26.2 Å². The summed E-state index contributed by atoms with van der Waals surface area (Å²) in [4.78, 5) is 29.3. The summed E-state index contributed by atoms with van der Waals surface area (Å²) in [6.07, 6.45) is 3.18. The number of carbonyl (C=O) groups excluding carboxylic acids is 2. The molecule has 1 aromatic carbocycles. The molecule has 150 valence electrons. The fourth-order valence-corrected chi connectivity index (χ4v) is 3.87.